The van der Waals surface area contributed by atoms with Gasteiger partial charge in [-0.05, 0) is 38.1 Å². The van der Waals surface area contributed by atoms with Crippen molar-refractivity contribution in [1.82, 2.24) is 0 Å². The quantitative estimate of drug-likeness (QED) is 0.919. The van der Waals surface area contributed by atoms with Crippen LogP contribution in [0.3, 0.4) is 0 Å². The predicted octanol–water partition coefficient (Wildman–Crippen LogP) is 2.75. The number of hydrogen-bond acceptors (Lipinski definition) is 2. The summed E-state index contributed by atoms with van der Waals surface area (Å²) in [5.41, 5.74) is -0.0287. The normalized spacial score (nSPS) is 11.2. The average Bonchev–Trinajstić information content (AvgIpc) is 2.17. The van der Waals surface area contributed by atoms with E-state index in [4.69, 9.17) is 5.11 Å². The number of carboxylic acids is 1. The molecule has 0 bridgehead atoms. The molecule has 82 valence electrons. The minimum absolute atomic E-state index is 0.840. The van der Waals surface area contributed by atoms with Crippen molar-refractivity contribution in [3.8, 4) is 0 Å². The van der Waals surface area contributed by atoms with Crippen molar-refractivity contribution in [3.63, 3.8) is 0 Å². The van der Waals surface area contributed by atoms with Gasteiger partial charge in [-0.2, -0.15) is 0 Å². The maximum atomic E-state index is 11.1. The van der Waals surface area contributed by atoms with Gasteiger partial charge in [0, 0.05) is 17.2 Å². The fourth-order valence-corrected chi connectivity index (χ4v) is 1.40. The molecule has 0 aromatic heterocycles. The average molecular weight is 272 g/mol. The summed E-state index contributed by atoms with van der Waals surface area (Å²) in [6, 6.07) is 7.55. The highest BCUT2D eigenvalue weighted by Crippen LogP contribution is 2.24. The monoisotopic (exact) mass is 271 g/mol. The summed E-state index contributed by atoms with van der Waals surface area (Å²) in [4.78, 5) is 12.8. The van der Waals surface area contributed by atoms with Gasteiger partial charge in [0.25, 0.3) is 0 Å². The van der Waals surface area contributed by atoms with Crippen molar-refractivity contribution in [2.45, 2.75) is 19.4 Å². The second-order valence-corrected chi connectivity index (χ2v) is 4.82. The molecule has 0 aliphatic rings. The maximum Gasteiger partial charge on any atom is 0.328 e. The number of aliphatic carboxylic acids is 1. The second-order valence-electron chi connectivity index (χ2n) is 3.90. The molecule has 1 aromatic rings. The van der Waals surface area contributed by atoms with Crippen LogP contribution >= 0.6 is 15.9 Å². The van der Waals surface area contributed by atoms with Gasteiger partial charge in [-0.15, -0.1) is 0 Å². The number of nitrogens with zero attached hydrogens (tertiary/aromatic N) is 1. The van der Waals surface area contributed by atoms with E-state index >= 15 is 0 Å². The zero-order valence-electron chi connectivity index (χ0n) is 8.99. The van der Waals surface area contributed by atoms with Crippen molar-refractivity contribution in [2.24, 2.45) is 0 Å². The first-order chi connectivity index (χ1) is 6.85. The van der Waals surface area contributed by atoms with E-state index in [9.17, 15) is 4.79 Å². The number of rotatable bonds is 3. The van der Waals surface area contributed by atoms with Gasteiger partial charge in [-0.3, -0.25) is 0 Å². The predicted molar refractivity (Wildman–Crippen MR) is 64.3 cm³/mol. The van der Waals surface area contributed by atoms with Gasteiger partial charge in [0.15, 0.2) is 0 Å². The van der Waals surface area contributed by atoms with E-state index < -0.39 is 11.5 Å². The number of carbonyl (C=O) groups is 1. The van der Waals surface area contributed by atoms with E-state index in [0.29, 0.717) is 0 Å². The summed E-state index contributed by atoms with van der Waals surface area (Å²) in [7, 11) is 1.78. The zero-order chi connectivity index (χ0) is 11.6. The fourth-order valence-electron chi connectivity index (χ4n) is 1.13. The van der Waals surface area contributed by atoms with Crippen molar-refractivity contribution < 1.29 is 9.90 Å². The van der Waals surface area contributed by atoms with Crippen LogP contribution in [0.4, 0.5) is 5.69 Å². The van der Waals surface area contributed by atoms with E-state index in [1.807, 2.05) is 24.3 Å². The van der Waals surface area contributed by atoms with Crippen LogP contribution in [-0.2, 0) is 4.79 Å². The second kappa shape index (κ2) is 4.23. The lowest BCUT2D eigenvalue weighted by molar-refractivity contribution is -0.142. The molecule has 1 rings (SSSR count). The van der Waals surface area contributed by atoms with E-state index in [1.165, 1.54) is 0 Å². The molecule has 0 heterocycles. The largest absolute Gasteiger partial charge is 0.480 e. The Morgan fingerprint density at radius 2 is 1.80 bits per heavy atom. The molecule has 0 fully saturated rings. The van der Waals surface area contributed by atoms with Crippen LogP contribution in [0, 0.1) is 0 Å². The molecule has 0 saturated heterocycles. The lowest BCUT2D eigenvalue weighted by Crippen LogP contribution is -2.48. The summed E-state index contributed by atoms with van der Waals surface area (Å²) in [6.07, 6.45) is 0. The third kappa shape index (κ3) is 2.50. The highest BCUT2D eigenvalue weighted by Gasteiger charge is 2.32. The number of hydrogen-bond donors (Lipinski definition) is 1. The first-order valence-corrected chi connectivity index (χ1v) is 5.38. The van der Waals surface area contributed by atoms with E-state index in [1.54, 1.807) is 25.8 Å². The minimum atomic E-state index is -0.909. The van der Waals surface area contributed by atoms with Crippen molar-refractivity contribution in [2.75, 3.05) is 11.9 Å². The molecule has 0 saturated carbocycles. The molecule has 0 amide bonds. The number of halogens is 1. The molecule has 0 spiro atoms. The summed E-state index contributed by atoms with van der Waals surface area (Å²) in [5, 5.41) is 9.08. The molecule has 0 radical (unpaired) electrons. The Morgan fingerprint density at radius 3 is 2.20 bits per heavy atom. The number of carboxylic acid groups (broad SMARTS) is 1. The number of likely N-dealkylation sites (N-methyl/N-ethyl adjacent to an activating group) is 1. The first kappa shape index (κ1) is 12.0. The molecule has 1 N–H and O–H groups in total. The fraction of sp³-hybridized carbons (Fsp3) is 0.364. The highest BCUT2D eigenvalue weighted by molar-refractivity contribution is 9.10. The van der Waals surface area contributed by atoms with Gasteiger partial charge in [-0.1, -0.05) is 15.9 Å². The molecule has 0 unspecified atom stereocenters. The first-order valence-electron chi connectivity index (χ1n) is 4.58. The lowest BCUT2D eigenvalue weighted by Gasteiger charge is -2.33. The molecule has 15 heavy (non-hydrogen) atoms. The highest BCUT2D eigenvalue weighted by atomic mass is 79.9. The SMILES string of the molecule is CN(c1ccc(Br)cc1)C(C)(C)C(=O)O. The Kier molecular flexibility index (Phi) is 3.39. The van der Waals surface area contributed by atoms with E-state index in [-0.39, 0.29) is 0 Å². The summed E-state index contributed by atoms with van der Waals surface area (Å²) in [5.74, 6) is -0.840. The van der Waals surface area contributed by atoms with Gasteiger partial charge in [0.2, 0.25) is 0 Å². The van der Waals surface area contributed by atoms with Crippen LogP contribution in [0.2, 0.25) is 0 Å². The van der Waals surface area contributed by atoms with Crippen LogP contribution in [-0.4, -0.2) is 23.7 Å². The topological polar surface area (TPSA) is 40.5 Å². The summed E-state index contributed by atoms with van der Waals surface area (Å²) >= 11 is 3.34. The van der Waals surface area contributed by atoms with Gasteiger partial charge in [-0.25, -0.2) is 4.79 Å². The smallest absolute Gasteiger partial charge is 0.328 e. The molecule has 1 aromatic carbocycles. The molecular formula is C11H14BrNO2. The van der Waals surface area contributed by atoms with Crippen LogP contribution in [0.15, 0.2) is 28.7 Å². The van der Waals surface area contributed by atoms with Gasteiger partial charge in [0.1, 0.15) is 5.54 Å². The summed E-state index contributed by atoms with van der Waals surface area (Å²) in [6.45, 7) is 3.36. The van der Waals surface area contributed by atoms with Gasteiger partial charge < -0.3 is 10.0 Å². The third-order valence-electron chi connectivity index (χ3n) is 2.58. The van der Waals surface area contributed by atoms with Crippen LogP contribution in [0.1, 0.15) is 13.8 Å². The molecular weight excluding hydrogens is 258 g/mol. The maximum absolute atomic E-state index is 11.1. The third-order valence-corrected chi connectivity index (χ3v) is 3.10. The van der Waals surface area contributed by atoms with Crippen molar-refractivity contribution in [1.29, 1.82) is 0 Å². The van der Waals surface area contributed by atoms with E-state index in [0.717, 1.165) is 10.2 Å². The Balaban J connectivity index is 2.99. The minimum Gasteiger partial charge on any atom is -0.480 e. The Bertz CT molecular complexity index is 359. The molecule has 3 nitrogen and oxygen atoms in total. The Hall–Kier alpha value is -1.03. The number of anilines is 1. The Labute approximate surface area is 97.8 Å². The zero-order valence-corrected chi connectivity index (χ0v) is 10.6. The number of benzene rings is 1. The summed E-state index contributed by atoms with van der Waals surface area (Å²) < 4.78 is 0.979. The Morgan fingerprint density at radius 1 is 1.33 bits per heavy atom. The molecule has 0 atom stereocenters. The van der Waals surface area contributed by atoms with Crippen LogP contribution in [0.5, 0.6) is 0 Å². The lowest BCUT2D eigenvalue weighted by atomic mass is 10.0. The standard InChI is InChI=1S/C11H14BrNO2/c1-11(2,10(14)15)13(3)9-6-4-8(12)5-7-9/h4-7H,1-3H3,(H,14,15). The van der Waals surface area contributed by atoms with E-state index in [2.05, 4.69) is 15.9 Å². The van der Waals surface area contributed by atoms with Crippen molar-refractivity contribution in [3.05, 3.63) is 28.7 Å². The van der Waals surface area contributed by atoms with Crippen LogP contribution < -0.4 is 4.90 Å². The van der Waals surface area contributed by atoms with Gasteiger partial charge in [0.05, 0.1) is 0 Å². The molecule has 0 aliphatic heterocycles. The van der Waals surface area contributed by atoms with Crippen molar-refractivity contribution >= 4 is 27.6 Å². The van der Waals surface area contributed by atoms with Crippen LogP contribution in [0.25, 0.3) is 0 Å². The van der Waals surface area contributed by atoms with Gasteiger partial charge >= 0.3 is 5.97 Å². The molecule has 4 heteroatoms. The molecule has 0 aliphatic carbocycles.